The van der Waals surface area contributed by atoms with E-state index >= 15 is 0 Å². The number of fused-ring (bicyclic) bond motifs is 1. The molecule has 1 nitrogen and oxygen atoms in total. The van der Waals surface area contributed by atoms with Gasteiger partial charge in [-0.15, -0.1) is 11.3 Å². The maximum atomic E-state index is 14.1. The Bertz CT molecular complexity index is 634. The lowest BCUT2D eigenvalue weighted by Crippen LogP contribution is -2.09. The molecule has 1 aliphatic rings. The van der Waals surface area contributed by atoms with Gasteiger partial charge in [0.2, 0.25) is 0 Å². The first-order valence-electron chi connectivity index (χ1n) is 6.17. The highest BCUT2D eigenvalue weighted by molar-refractivity contribution is 7.73. The summed E-state index contributed by atoms with van der Waals surface area (Å²) in [5.74, 6) is -0.183. The van der Waals surface area contributed by atoms with E-state index in [0.29, 0.717) is 5.69 Å². The molecule has 0 radical (unpaired) electrons. The van der Waals surface area contributed by atoms with Crippen molar-refractivity contribution in [2.24, 2.45) is 0 Å². The average molecular weight is 279 g/mol. The molecule has 0 fully saturated rings. The minimum absolute atomic E-state index is 0.183. The predicted octanol–water partition coefficient (Wildman–Crippen LogP) is 4.59. The Hall–Kier alpha value is -1.00. The number of hydrogen-bond donors (Lipinski definition) is 0. The Labute approximate surface area is 115 Å². The molecule has 0 amide bonds. The fourth-order valence-corrected chi connectivity index (χ4v) is 4.17. The third kappa shape index (κ3) is 1.84. The lowest BCUT2D eigenvalue weighted by Gasteiger charge is -2.16. The van der Waals surface area contributed by atoms with Crippen molar-refractivity contribution in [2.75, 3.05) is 0 Å². The van der Waals surface area contributed by atoms with Gasteiger partial charge in [-0.2, -0.15) is 0 Å². The third-order valence-electron chi connectivity index (χ3n) is 3.46. The van der Waals surface area contributed by atoms with Crippen LogP contribution in [0.3, 0.4) is 0 Å². The minimum Gasteiger partial charge on any atom is -0.292 e. The normalized spacial score (nSPS) is 14.6. The first-order chi connectivity index (χ1) is 8.68. The smallest absolute Gasteiger partial charge is 0.166 e. The van der Waals surface area contributed by atoms with E-state index in [-0.39, 0.29) is 5.82 Å². The standard InChI is InChI=1S/C14H14FNS2/c1-9-5-4-6-10(15)13(9)16-11-7-2-3-8-12(11)18-14(16)17/h4-6H,2-3,7-8H2,1H3. The molecule has 0 aliphatic heterocycles. The number of hydrogen-bond acceptors (Lipinski definition) is 2. The second kappa shape index (κ2) is 4.59. The van der Waals surface area contributed by atoms with Crippen LogP contribution in [0.5, 0.6) is 0 Å². The molecule has 0 spiro atoms. The molecule has 3 rings (SSSR count). The van der Waals surface area contributed by atoms with Gasteiger partial charge in [-0.1, -0.05) is 12.1 Å². The Morgan fingerprint density at radius 2 is 2.06 bits per heavy atom. The molecule has 18 heavy (non-hydrogen) atoms. The molecule has 4 heteroatoms. The number of nitrogens with zero attached hydrogens (tertiary/aromatic N) is 1. The molecular weight excluding hydrogens is 265 g/mol. The zero-order chi connectivity index (χ0) is 12.7. The number of aromatic nitrogens is 1. The molecule has 0 N–H and O–H groups in total. The summed E-state index contributed by atoms with van der Waals surface area (Å²) in [5, 5.41) is 0. The SMILES string of the molecule is Cc1cccc(F)c1-n1c2c(sc1=S)CCCC2. The van der Waals surface area contributed by atoms with Crippen LogP contribution >= 0.6 is 23.6 Å². The first-order valence-corrected chi connectivity index (χ1v) is 7.40. The zero-order valence-electron chi connectivity index (χ0n) is 10.2. The van der Waals surface area contributed by atoms with E-state index in [4.69, 9.17) is 12.2 Å². The van der Waals surface area contributed by atoms with Gasteiger partial charge in [-0.3, -0.25) is 4.57 Å². The number of para-hydroxylation sites is 1. The maximum Gasteiger partial charge on any atom is 0.166 e. The van der Waals surface area contributed by atoms with Crippen LogP contribution in [0.4, 0.5) is 4.39 Å². The summed E-state index contributed by atoms with van der Waals surface area (Å²) < 4.78 is 16.8. The zero-order valence-corrected chi connectivity index (χ0v) is 11.8. The van der Waals surface area contributed by atoms with Crippen molar-refractivity contribution in [3.8, 4) is 5.69 Å². The molecule has 1 aliphatic carbocycles. The van der Waals surface area contributed by atoms with Crippen molar-refractivity contribution >= 4 is 23.6 Å². The van der Waals surface area contributed by atoms with Gasteiger partial charge >= 0.3 is 0 Å². The molecule has 1 aromatic carbocycles. The van der Waals surface area contributed by atoms with E-state index in [2.05, 4.69) is 0 Å². The number of thiazole rings is 1. The van der Waals surface area contributed by atoms with Gasteiger partial charge in [0, 0.05) is 10.6 Å². The van der Waals surface area contributed by atoms with Gasteiger partial charge in [0.25, 0.3) is 0 Å². The summed E-state index contributed by atoms with van der Waals surface area (Å²) in [4.78, 5) is 1.34. The predicted molar refractivity (Wildman–Crippen MR) is 75.8 cm³/mol. The van der Waals surface area contributed by atoms with Crippen LogP contribution in [0.15, 0.2) is 18.2 Å². The van der Waals surface area contributed by atoms with Crippen LogP contribution < -0.4 is 0 Å². The summed E-state index contributed by atoms with van der Waals surface area (Å²) in [6.45, 7) is 1.94. The Balaban J connectivity index is 2.29. The van der Waals surface area contributed by atoms with Crippen LogP contribution in [-0.4, -0.2) is 4.57 Å². The van der Waals surface area contributed by atoms with Crippen molar-refractivity contribution in [2.45, 2.75) is 32.6 Å². The third-order valence-corrected chi connectivity index (χ3v) is 4.94. The molecule has 0 bridgehead atoms. The maximum absolute atomic E-state index is 14.1. The summed E-state index contributed by atoms with van der Waals surface area (Å²) in [6.07, 6.45) is 4.49. The molecule has 0 unspecified atom stereocenters. The van der Waals surface area contributed by atoms with Crippen molar-refractivity contribution in [1.82, 2.24) is 4.57 Å². The number of benzene rings is 1. The lowest BCUT2D eigenvalue weighted by atomic mass is 10.0. The molecular formula is C14H14FNS2. The van der Waals surface area contributed by atoms with Gasteiger partial charge in [0.05, 0.1) is 5.69 Å². The molecule has 0 saturated carbocycles. The van der Waals surface area contributed by atoms with E-state index in [1.165, 1.54) is 29.5 Å². The topological polar surface area (TPSA) is 4.93 Å². The largest absolute Gasteiger partial charge is 0.292 e. The highest BCUT2D eigenvalue weighted by atomic mass is 32.1. The molecule has 2 aromatic rings. The summed E-state index contributed by atoms with van der Waals surface area (Å²) in [6, 6.07) is 5.20. The Kier molecular flexibility index (Phi) is 3.08. The van der Waals surface area contributed by atoms with Crippen LogP contribution in [0.25, 0.3) is 5.69 Å². The summed E-state index contributed by atoms with van der Waals surface area (Å²) >= 11 is 7.08. The fraction of sp³-hybridized carbons (Fsp3) is 0.357. The second-order valence-corrected chi connectivity index (χ2v) is 6.41. The lowest BCUT2D eigenvalue weighted by molar-refractivity contribution is 0.606. The number of rotatable bonds is 1. The van der Waals surface area contributed by atoms with Gasteiger partial charge in [0.15, 0.2) is 3.95 Å². The Morgan fingerprint density at radius 3 is 2.83 bits per heavy atom. The summed E-state index contributed by atoms with van der Waals surface area (Å²) in [7, 11) is 0. The molecule has 0 atom stereocenters. The highest BCUT2D eigenvalue weighted by Gasteiger charge is 2.20. The first kappa shape index (κ1) is 12.1. The van der Waals surface area contributed by atoms with Crippen LogP contribution in [0.2, 0.25) is 0 Å². The molecule has 0 saturated heterocycles. The van der Waals surface area contributed by atoms with E-state index in [0.717, 1.165) is 22.4 Å². The van der Waals surface area contributed by atoms with Crippen molar-refractivity contribution in [3.63, 3.8) is 0 Å². The van der Waals surface area contributed by atoms with Gasteiger partial charge in [0.1, 0.15) is 5.82 Å². The van der Waals surface area contributed by atoms with E-state index < -0.39 is 0 Å². The van der Waals surface area contributed by atoms with E-state index in [1.807, 2.05) is 17.6 Å². The van der Waals surface area contributed by atoms with Gasteiger partial charge < -0.3 is 0 Å². The van der Waals surface area contributed by atoms with Gasteiger partial charge in [-0.25, -0.2) is 4.39 Å². The average Bonchev–Trinajstić information content (AvgIpc) is 2.66. The van der Waals surface area contributed by atoms with Crippen molar-refractivity contribution in [3.05, 3.63) is 44.1 Å². The Morgan fingerprint density at radius 1 is 1.28 bits per heavy atom. The second-order valence-electron chi connectivity index (χ2n) is 4.69. The van der Waals surface area contributed by atoms with Crippen LogP contribution in [0.1, 0.15) is 29.0 Å². The number of aryl methyl sites for hydroxylation is 2. The quantitative estimate of drug-likeness (QED) is 0.691. The van der Waals surface area contributed by atoms with Crippen LogP contribution in [0, 0.1) is 16.7 Å². The van der Waals surface area contributed by atoms with Crippen LogP contribution in [-0.2, 0) is 12.8 Å². The fourth-order valence-electron chi connectivity index (χ4n) is 2.60. The minimum atomic E-state index is -0.183. The highest BCUT2D eigenvalue weighted by Crippen LogP contribution is 2.32. The van der Waals surface area contributed by atoms with E-state index in [9.17, 15) is 4.39 Å². The molecule has 1 aromatic heterocycles. The molecule has 94 valence electrons. The van der Waals surface area contributed by atoms with Crippen molar-refractivity contribution < 1.29 is 4.39 Å². The molecule has 1 heterocycles. The monoisotopic (exact) mass is 279 g/mol. The van der Waals surface area contributed by atoms with E-state index in [1.54, 1.807) is 17.4 Å². The summed E-state index contributed by atoms with van der Waals surface area (Å²) in [5.41, 5.74) is 2.81. The number of halogens is 1. The van der Waals surface area contributed by atoms with Gasteiger partial charge in [-0.05, 0) is 56.5 Å². The van der Waals surface area contributed by atoms with Crippen molar-refractivity contribution in [1.29, 1.82) is 0 Å².